The summed E-state index contributed by atoms with van der Waals surface area (Å²) in [7, 11) is 6.17. The predicted molar refractivity (Wildman–Crippen MR) is 130 cm³/mol. The van der Waals surface area contributed by atoms with Crippen molar-refractivity contribution in [3.63, 3.8) is 0 Å². The molecule has 3 aromatic rings. The van der Waals surface area contributed by atoms with E-state index in [0.29, 0.717) is 34.1 Å². The molecule has 0 saturated heterocycles. The lowest BCUT2D eigenvalue weighted by molar-refractivity contribution is -0.119. The molecule has 2 atom stereocenters. The quantitative estimate of drug-likeness (QED) is 0.514. The van der Waals surface area contributed by atoms with Crippen LogP contribution in [0.5, 0.6) is 17.2 Å². The SMILES string of the molecule is COc1ccc(C2C(C(=O)Nc3ccc(F)c(Cl)c3)c3cc(OC)c(OC)cc3C(=O)N2C)cc1. The first kappa shape index (κ1) is 24.3. The van der Waals surface area contributed by atoms with Crippen LogP contribution in [0.3, 0.4) is 0 Å². The van der Waals surface area contributed by atoms with Gasteiger partial charge in [0.2, 0.25) is 5.91 Å². The van der Waals surface area contributed by atoms with Gasteiger partial charge in [-0.15, -0.1) is 0 Å². The van der Waals surface area contributed by atoms with E-state index in [1.165, 1.54) is 37.3 Å². The Hall–Kier alpha value is -3.78. The highest BCUT2D eigenvalue weighted by atomic mass is 35.5. The number of methoxy groups -OCH3 is 3. The van der Waals surface area contributed by atoms with Crippen molar-refractivity contribution >= 4 is 29.1 Å². The third-order valence-electron chi connectivity index (χ3n) is 6.10. The van der Waals surface area contributed by atoms with E-state index < -0.39 is 23.7 Å². The molecule has 1 aliphatic rings. The first-order valence-corrected chi connectivity index (χ1v) is 11.1. The van der Waals surface area contributed by atoms with E-state index in [-0.39, 0.29) is 10.9 Å². The van der Waals surface area contributed by atoms with Crippen molar-refractivity contribution in [1.29, 1.82) is 0 Å². The summed E-state index contributed by atoms with van der Waals surface area (Å²) in [6.45, 7) is 0. The highest BCUT2D eigenvalue weighted by molar-refractivity contribution is 6.31. The van der Waals surface area contributed by atoms with Gasteiger partial charge in [0.1, 0.15) is 11.6 Å². The lowest BCUT2D eigenvalue weighted by Crippen LogP contribution is -2.44. The van der Waals surface area contributed by atoms with Crippen LogP contribution >= 0.6 is 11.6 Å². The fourth-order valence-corrected chi connectivity index (χ4v) is 4.52. The molecule has 0 bridgehead atoms. The standard InChI is InChI=1S/C26H24ClFN2O5/c1-30-24(14-5-8-16(33-2)9-6-14)23(25(31)29-15-7-10-20(28)19(27)11-15)17-12-21(34-3)22(35-4)13-18(17)26(30)32/h5-13,23-24H,1-4H3,(H,29,31). The average Bonchev–Trinajstić information content (AvgIpc) is 2.87. The molecule has 0 aromatic heterocycles. The number of hydrogen-bond acceptors (Lipinski definition) is 5. The summed E-state index contributed by atoms with van der Waals surface area (Å²) in [6.07, 6.45) is 0. The Bertz CT molecular complexity index is 1280. The number of ether oxygens (including phenoxy) is 3. The molecule has 9 heteroatoms. The summed E-state index contributed by atoms with van der Waals surface area (Å²) in [4.78, 5) is 28.7. The molecule has 7 nitrogen and oxygen atoms in total. The smallest absolute Gasteiger partial charge is 0.254 e. The molecule has 4 rings (SSSR count). The molecule has 1 N–H and O–H groups in total. The van der Waals surface area contributed by atoms with Crippen molar-refractivity contribution in [3.8, 4) is 17.2 Å². The fourth-order valence-electron chi connectivity index (χ4n) is 4.34. The lowest BCUT2D eigenvalue weighted by Gasteiger charge is -2.40. The van der Waals surface area contributed by atoms with Gasteiger partial charge in [-0.25, -0.2) is 4.39 Å². The topological polar surface area (TPSA) is 77.1 Å². The van der Waals surface area contributed by atoms with Crippen LogP contribution in [0.2, 0.25) is 5.02 Å². The Kier molecular flexibility index (Phi) is 6.84. The molecule has 0 fully saturated rings. The molecule has 2 unspecified atom stereocenters. The van der Waals surface area contributed by atoms with E-state index in [4.69, 9.17) is 25.8 Å². The van der Waals surface area contributed by atoms with Gasteiger partial charge in [0.15, 0.2) is 11.5 Å². The van der Waals surface area contributed by atoms with Crippen molar-refractivity contribution in [2.75, 3.05) is 33.7 Å². The van der Waals surface area contributed by atoms with Gasteiger partial charge in [0.05, 0.1) is 38.3 Å². The third-order valence-corrected chi connectivity index (χ3v) is 6.39. The van der Waals surface area contributed by atoms with E-state index >= 15 is 0 Å². The maximum absolute atomic E-state index is 13.8. The minimum Gasteiger partial charge on any atom is -0.497 e. The number of rotatable bonds is 6. The van der Waals surface area contributed by atoms with Gasteiger partial charge in [-0.2, -0.15) is 0 Å². The van der Waals surface area contributed by atoms with Gasteiger partial charge in [-0.1, -0.05) is 23.7 Å². The number of benzene rings is 3. The number of hydrogen-bond donors (Lipinski definition) is 1. The van der Waals surface area contributed by atoms with E-state index in [1.807, 2.05) is 12.1 Å². The Morgan fingerprint density at radius 3 is 2.23 bits per heavy atom. The lowest BCUT2D eigenvalue weighted by atomic mass is 9.79. The molecule has 35 heavy (non-hydrogen) atoms. The molecule has 1 aliphatic heterocycles. The summed E-state index contributed by atoms with van der Waals surface area (Å²) < 4.78 is 29.7. The average molecular weight is 499 g/mol. The van der Waals surface area contributed by atoms with E-state index in [1.54, 1.807) is 38.4 Å². The van der Waals surface area contributed by atoms with Crippen LogP contribution in [0.1, 0.15) is 33.4 Å². The summed E-state index contributed by atoms with van der Waals surface area (Å²) in [5.74, 6) is -0.681. The zero-order chi connectivity index (χ0) is 25.3. The zero-order valence-corrected chi connectivity index (χ0v) is 20.4. The highest BCUT2D eigenvalue weighted by Crippen LogP contribution is 2.46. The number of likely N-dealkylation sites (N-methyl/N-ethyl adjacent to an activating group) is 1. The molecule has 3 aromatic carbocycles. The van der Waals surface area contributed by atoms with Crippen LogP contribution < -0.4 is 19.5 Å². The molecular weight excluding hydrogens is 475 g/mol. The number of nitrogens with zero attached hydrogens (tertiary/aromatic N) is 1. The second-order valence-corrected chi connectivity index (χ2v) is 8.43. The van der Waals surface area contributed by atoms with Crippen LogP contribution in [0.15, 0.2) is 54.6 Å². The van der Waals surface area contributed by atoms with Crippen LogP contribution in [0.25, 0.3) is 0 Å². The van der Waals surface area contributed by atoms with Gasteiger partial charge in [-0.3, -0.25) is 9.59 Å². The van der Waals surface area contributed by atoms with Gasteiger partial charge in [0.25, 0.3) is 5.91 Å². The summed E-state index contributed by atoms with van der Waals surface area (Å²) >= 11 is 5.91. The highest BCUT2D eigenvalue weighted by Gasteiger charge is 2.43. The molecule has 1 heterocycles. The van der Waals surface area contributed by atoms with Crippen molar-refractivity contribution in [2.24, 2.45) is 0 Å². The number of amides is 2. The van der Waals surface area contributed by atoms with Crippen LogP contribution in [-0.2, 0) is 4.79 Å². The third kappa shape index (κ3) is 4.49. The van der Waals surface area contributed by atoms with Crippen LogP contribution in [0.4, 0.5) is 10.1 Å². The molecule has 2 amide bonds. The number of carbonyl (C=O) groups is 2. The number of anilines is 1. The Labute approximate surface area is 207 Å². The largest absolute Gasteiger partial charge is 0.497 e. The maximum atomic E-state index is 13.8. The van der Waals surface area contributed by atoms with E-state index in [9.17, 15) is 14.0 Å². The summed E-state index contributed by atoms with van der Waals surface area (Å²) in [5.41, 5.74) is 1.88. The van der Waals surface area contributed by atoms with Gasteiger partial charge in [-0.05, 0) is 53.6 Å². The molecule has 182 valence electrons. The van der Waals surface area contributed by atoms with Gasteiger partial charge < -0.3 is 24.4 Å². The summed E-state index contributed by atoms with van der Waals surface area (Å²) in [5, 5.41) is 2.71. The Morgan fingerprint density at radius 2 is 1.63 bits per heavy atom. The van der Waals surface area contributed by atoms with E-state index in [0.717, 1.165) is 5.56 Å². The van der Waals surface area contributed by atoms with Gasteiger partial charge >= 0.3 is 0 Å². The molecule has 0 saturated carbocycles. The summed E-state index contributed by atoms with van der Waals surface area (Å²) in [6, 6.07) is 13.7. The number of nitrogens with one attached hydrogen (secondary N) is 1. The van der Waals surface area contributed by atoms with Crippen molar-refractivity contribution in [2.45, 2.75) is 12.0 Å². The second kappa shape index (κ2) is 9.84. The van der Waals surface area contributed by atoms with Crippen LogP contribution in [0, 0.1) is 5.82 Å². The molecule has 0 aliphatic carbocycles. The van der Waals surface area contributed by atoms with Crippen molar-refractivity contribution < 1.29 is 28.2 Å². The Balaban J connectivity index is 1.86. The molecule has 0 radical (unpaired) electrons. The number of fused-ring (bicyclic) bond motifs is 1. The van der Waals surface area contributed by atoms with Crippen molar-refractivity contribution in [3.05, 3.63) is 82.1 Å². The van der Waals surface area contributed by atoms with Crippen LogP contribution in [-0.4, -0.2) is 45.1 Å². The predicted octanol–water partition coefficient (Wildman–Crippen LogP) is 5.05. The normalized spacial score (nSPS) is 17.0. The first-order chi connectivity index (χ1) is 16.8. The number of halogens is 2. The second-order valence-electron chi connectivity index (χ2n) is 8.02. The maximum Gasteiger partial charge on any atom is 0.254 e. The Morgan fingerprint density at radius 1 is 0.971 bits per heavy atom. The van der Waals surface area contributed by atoms with E-state index in [2.05, 4.69) is 5.32 Å². The first-order valence-electron chi connectivity index (χ1n) is 10.7. The number of carbonyl (C=O) groups excluding carboxylic acids is 2. The zero-order valence-electron chi connectivity index (χ0n) is 19.6. The van der Waals surface area contributed by atoms with Crippen molar-refractivity contribution in [1.82, 2.24) is 4.90 Å². The molecule has 0 spiro atoms. The fraction of sp³-hybridized carbons (Fsp3) is 0.231. The monoisotopic (exact) mass is 498 g/mol. The minimum absolute atomic E-state index is 0.114. The molecular formula is C26H24ClFN2O5. The minimum atomic E-state index is -0.829. The van der Waals surface area contributed by atoms with Gasteiger partial charge in [0, 0.05) is 18.3 Å².